The van der Waals surface area contributed by atoms with Crippen molar-refractivity contribution in [3.8, 4) is 0 Å². The first kappa shape index (κ1) is 14.9. The fraction of sp³-hybridized carbons (Fsp3) is 0.562. The Morgan fingerprint density at radius 2 is 1.80 bits per heavy atom. The van der Waals surface area contributed by atoms with Gasteiger partial charge in [-0.05, 0) is 31.7 Å². The molecule has 0 aromatic carbocycles. The maximum Gasteiger partial charge on any atom is 0.138 e. The van der Waals surface area contributed by atoms with E-state index in [0.29, 0.717) is 0 Å². The SMILES string of the molecule is CCC.Cc1ccn2c(N3CCN(C)CC3)cnc2c1. The van der Waals surface area contributed by atoms with Gasteiger partial charge in [0.2, 0.25) is 0 Å². The zero-order valence-electron chi connectivity index (χ0n) is 13.1. The Morgan fingerprint density at radius 1 is 1.15 bits per heavy atom. The van der Waals surface area contributed by atoms with Crippen LogP contribution in [0, 0.1) is 6.92 Å². The number of hydrogen-bond donors (Lipinski definition) is 0. The number of rotatable bonds is 1. The van der Waals surface area contributed by atoms with Crippen molar-refractivity contribution >= 4 is 11.5 Å². The van der Waals surface area contributed by atoms with E-state index in [-0.39, 0.29) is 0 Å². The average Bonchev–Trinajstić information content (AvgIpc) is 2.83. The molecule has 0 aliphatic carbocycles. The molecule has 0 radical (unpaired) electrons. The number of likely N-dealkylation sites (N-methyl/N-ethyl adjacent to an activating group) is 1. The number of aromatic nitrogens is 2. The third-order valence-corrected chi connectivity index (χ3v) is 3.48. The molecule has 4 nitrogen and oxygen atoms in total. The van der Waals surface area contributed by atoms with Crippen LogP contribution in [0.1, 0.15) is 25.8 Å². The van der Waals surface area contributed by atoms with Gasteiger partial charge in [0.05, 0.1) is 6.20 Å². The Balaban J connectivity index is 0.000000452. The Kier molecular flexibility index (Phi) is 5.01. The third-order valence-electron chi connectivity index (χ3n) is 3.48. The molecule has 1 fully saturated rings. The zero-order chi connectivity index (χ0) is 14.5. The molecule has 0 atom stereocenters. The van der Waals surface area contributed by atoms with Crippen LogP contribution in [0.2, 0.25) is 0 Å². The molecular formula is C16H26N4. The molecule has 0 amide bonds. The summed E-state index contributed by atoms with van der Waals surface area (Å²) in [5, 5.41) is 0. The van der Waals surface area contributed by atoms with Crippen LogP contribution >= 0.6 is 0 Å². The predicted octanol–water partition coefficient (Wildman–Crippen LogP) is 2.81. The minimum atomic E-state index is 1.04. The largest absolute Gasteiger partial charge is 0.354 e. The van der Waals surface area contributed by atoms with E-state index in [9.17, 15) is 0 Å². The van der Waals surface area contributed by atoms with Gasteiger partial charge in [-0.15, -0.1) is 0 Å². The van der Waals surface area contributed by atoms with Gasteiger partial charge in [0, 0.05) is 32.4 Å². The number of aryl methyl sites for hydroxylation is 1. The molecule has 1 saturated heterocycles. The molecule has 0 spiro atoms. The number of pyridine rings is 1. The first-order chi connectivity index (χ1) is 9.65. The van der Waals surface area contributed by atoms with Gasteiger partial charge in [-0.2, -0.15) is 0 Å². The van der Waals surface area contributed by atoms with E-state index in [2.05, 4.69) is 65.3 Å². The van der Waals surface area contributed by atoms with E-state index in [4.69, 9.17) is 0 Å². The Hall–Kier alpha value is -1.55. The minimum absolute atomic E-state index is 1.04. The molecule has 0 bridgehead atoms. The minimum Gasteiger partial charge on any atom is -0.354 e. The van der Waals surface area contributed by atoms with Gasteiger partial charge in [-0.25, -0.2) is 4.98 Å². The molecule has 1 aliphatic heterocycles. The zero-order valence-corrected chi connectivity index (χ0v) is 13.1. The smallest absolute Gasteiger partial charge is 0.138 e. The fourth-order valence-electron chi connectivity index (χ4n) is 2.34. The summed E-state index contributed by atoms with van der Waals surface area (Å²) >= 11 is 0. The van der Waals surface area contributed by atoms with Crippen molar-refractivity contribution < 1.29 is 0 Å². The lowest BCUT2D eigenvalue weighted by atomic mass is 10.3. The lowest BCUT2D eigenvalue weighted by Gasteiger charge is -2.33. The molecule has 20 heavy (non-hydrogen) atoms. The molecule has 1 aliphatic rings. The molecule has 0 saturated carbocycles. The van der Waals surface area contributed by atoms with Gasteiger partial charge < -0.3 is 9.80 Å². The standard InChI is InChI=1S/C13H18N4.C3H8/c1-11-3-4-17-12(9-11)14-10-13(17)16-7-5-15(2)6-8-16;1-3-2/h3-4,9-10H,5-8H2,1-2H3;3H2,1-2H3. The van der Waals surface area contributed by atoms with Crippen molar-refractivity contribution in [2.24, 2.45) is 0 Å². The molecule has 2 aromatic rings. The summed E-state index contributed by atoms with van der Waals surface area (Å²) in [5.41, 5.74) is 2.30. The highest BCUT2D eigenvalue weighted by molar-refractivity contribution is 5.53. The Morgan fingerprint density at radius 3 is 2.45 bits per heavy atom. The van der Waals surface area contributed by atoms with Crippen molar-refractivity contribution in [2.75, 3.05) is 38.1 Å². The highest BCUT2D eigenvalue weighted by atomic mass is 15.3. The second kappa shape index (κ2) is 6.75. The third kappa shape index (κ3) is 3.31. The van der Waals surface area contributed by atoms with E-state index in [1.807, 2.05) is 6.20 Å². The summed E-state index contributed by atoms with van der Waals surface area (Å²) in [6, 6.07) is 4.26. The van der Waals surface area contributed by atoms with Gasteiger partial charge in [-0.1, -0.05) is 20.3 Å². The molecule has 4 heteroatoms. The monoisotopic (exact) mass is 274 g/mol. The maximum atomic E-state index is 4.48. The van der Waals surface area contributed by atoms with Crippen LogP contribution in [0.3, 0.4) is 0 Å². The second-order valence-corrected chi connectivity index (χ2v) is 5.55. The van der Waals surface area contributed by atoms with E-state index in [0.717, 1.165) is 31.8 Å². The maximum absolute atomic E-state index is 4.48. The predicted molar refractivity (Wildman–Crippen MR) is 85.6 cm³/mol. The van der Waals surface area contributed by atoms with Crippen LogP contribution < -0.4 is 4.90 Å². The van der Waals surface area contributed by atoms with Crippen LogP contribution in [-0.4, -0.2) is 47.5 Å². The first-order valence-corrected chi connectivity index (χ1v) is 7.53. The summed E-state index contributed by atoms with van der Waals surface area (Å²) in [6.07, 6.45) is 5.35. The summed E-state index contributed by atoms with van der Waals surface area (Å²) < 4.78 is 2.18. The van der Waals surface area contributed by atoms with Gasteiger partial charge in [0.15, 0.2) is 0 Å². The van der Waals surface area contributed by atoms with Crippen LogP contribution in [0.15, 0.2) is 24.5 Å². The van der Waals surface area contributed by atoms with Crippen molar-refractivity contribution in [3.05, 3.63) is 30.1 Å². The van der Waals surface area contributed by atoms with Crippen LogP contribution in [0.5, 0.6) is 0 Å². The van der Waals surface area contributed by atoms with Crippen molar-refractivity contribution in [1.29, 1.82) is 0 Å². The summed E-state index contributed by atoms with van der Waals surface area (Å²) in [6.45, 7) is 10.8. The number of nitrogens with zero attached hydrogens (tertiary/aromatic N) is 4. The van der Waals surface area contributed by atoms with Gasteiger partial charge in [0.25, 0.3) is 0 Å². The van der Waals surface area contributed by atoms with E-state index in [1.165, 1.54) is 17.8 Å². The number of fused-ring (bicyclic) bond motifs is 1. The lowest BCUT2D eigenvalue weighted by molar-refractivity contribution is 0.312. The Labute approximate surface area is 122 Å². The summed E-state index contributed by atoms with van der Waals surface area (Å²) in [7, 11) is 2.18. The summed E-state index contributed by atoms with van der Waals surface area (Å²) in [4.78, 5) is 9.26. The van der Waals surface area contributed by atoms with Crippen molar-refractivity contribution in [2.45, 2.75) is 27.2 Å². The van der Waals surface area contributed by atoms with E-state index in [1.54, 1.807) is 0 Å². The number of hydrogen-bond acceptors (Lipinski definition) is 3. The molecule has 3 heterocycles. The quantitative estimate of drug-likeness (QED) is 0.799. The topological polar surface area (TPSA) is 23.8 Å². The highest BCUT2D eigenvalue weighted by Gasteiger charge is 2.17. The van der Waals surface area contributed by atoms with Gasteiger partial charge >= 0.3 is 0 Å². The van der Waals surface area contributed by atoms with Gasteiger partial charge in [0.1, 0.15) is 11.5 Å². The van der Waals surface area contributed by atoms with E-state index >= 15 is 0 Å². The first-order valence-electron chi connectivity index (χ1n) is 7.53. The lowest BCUT2D eigenvalue weighted by Crippen LogP contribution is -2.44. The average molecular weight is 274 g/mol. The van der Waals surface area contributed by atoms with E-state index < -0.39 is 0 Å². The van der Waals surface area contributed by atoms with Crippen LogP contribution in [0.4, 0.5) is 5.82 Å². The molecule has 110 valence electrons. The molecule has 0 unspecified atom stereocenters. The molecule has 3 rings (SSSR count). The fourth-order valence-corrected chi connectivity index (χ4v) is 2.34. The van der Waals surface area contributed by atoms with Gasteiger partial charge in [-0.3, -0.25) is 4.40 Å². The summed E-state index contributed by atoms with van der Waals surface area (Å²) in [5.74, 6) is 1.22. The normalized spacial score (nSPS) is 16.1. The number of piperazine rings is 1. The van der Waals surface area contributed by atoms with Crippen molar-refractivity contribution in [3.63, 3.8) is 0 Å². The number of imidazole rings is 1. The molecule has 2 aromatic heterocycles. The number of anilines is 1. The molecule has 0 N–H and O–H groups in total. The van der Waals surface area contributed by atoms with Crippen molar-refractivity contribution in [1.82, 2.24) is 14.3 Å². The highest BCUT2D eigenvalue weighted by Crippen LogP contribution is 2.18. The molecular weight excluding hydrogens is 248 g/mol. The van der Waals surface area contributed by atoms with Crippen LogP contribution in [0.25, 0.3) is 5.65 Å². The van der Waals surface area contributed by atoms with Crippen LogP contribution in [-0.2, 0) is 0 Å². The second-order valence-electron chi connectivity index (χ2n) is 5.55. The Bertz CT molecular complexity index is 538.